The first-order valence-electron chi connectivity index (χ1n) is 5.41. The number of carbonyl (C=O) groups is 1. The van der Waals surface area contributed by atoms with Crippen molar-refractivity contribution >= 4 is 11.7 Å². The van der Waals surface area contributed by atoms with E-state index in [9.17, 15) is 4.79 Å². The number of nitrogens with two attached hydrogens (primary N) is 1. The molecule has 0 aliphatic heterocycles. The van der Waals surface area contributed by atoms with Gasteiger partial charge in [-0.05, 0) is 18.2 Å². The van der Waals surface area contributed by atoms with Crippen LogP contribution < -0.4 is 15.2 Å². The predicted octanol–water partition coefficient (Wildman–Crippen LogP) is 2.16. The van der Waals surface area contributed by atoms with Crippen molar-refractivity contribution < 1.29 is 19.4 Å². The minimum absolute atomic E-state index is 0.00452. The summed E-state index contributed by atoms with van der Waals surface area (Å²) in [4.78, 5) is 14.7. The number of methoxy groups -OCH3 is 1. The van der Waals surface area contributed by atoms with Crippen molar-refractivity contribution in [3.8, 4) is 17.4 Å². The predicted molar refractivity (Wildman–Crippen MR) is 68.7 cm³/mol. The second-order valence-corrected chi connectivity index (χ2v) is 3.68. The van der Waals surface area contributed by atoms with Crippen molar-refractivity contribution in [3.63, 3.8) is 0 Å². The first kappa shape index (κ1) is 12.7. The van der Waals surface area contributed by atoms with Gasteiger partial charge in [-0.1, -0.05) is 12.1 Å². The maximum atomic E-state index is 10.8. The second-order valence-electron chi connectivity index (χ2n) is 3.68. The number of nitrogens with zero attached hydrogens (tertiary/aromatic N) is 1. The number of benzene rings is 1. The first-order chi connectivity index (χ1) is 9.11. The van der Waals surface area contributed by atoms with Gasteiger partial charge in [-0.15, -0.1) is 0 Å². The van der Waals surface area contributed by atoms with Crippen molar-refractivity contribution in [2.45, 2.75) is 0 Å². The summed E-state index contributed by atoms with van der Waals surface area (Å²) >= 11 is 0. The third kappa shape index (κ3) is 2.74. The Labute approximate surface area is 109 Å². The minimum Gasteiger partial charge on any atom is -0.493 e. The fraction of sp³-hybridized carbons (Fsp3) is 0.0769. The maximum Gasteiger partial charge on any atom is 0.337 e. The van der Waals surface area contributed by atoms with Gasteiger partial charge in [-0.3, -0.25) is 0 Å². The van der Waals surface area contributed by atoms with Crippen LogP contribution in [-0.4, -0.2) is 23.2 Å². The number of para-hydroxylation sites is 2. The molecule has 0 atom stereocenters. The summed E-state index contributed by atoms with van der Waals surface area (Å²) in [5.74, 6) is 0.0239. The molecule has 6 heteroatoms. The first-order valence-corrected chi connectivity index (χ1v) is 5.41. The molecule has 1 heterocycles. The zero-order valence-electron chi connectivity index (χ0n) is 10.2. The highest BCUT2D eigenvalue weighted by Gasteiger charge is 2.11. The van der Waals surface area contributed by atoms with Crippen LogP contribution in [-0.2, 0) is 0 Å². The van der Waals surface area contributed by atoms with E-state index in [1.54, 1.807) is 24.3 Å². The molecule has 3 N–H and O–H groups in total. The Hall–Kier alpha value is -2.76. The summed E-state index contributed by atoms with van der Waals surface area (Å²) in [6.07, 6.45) is 1.18. The molecule has 1 aromatic carbocycles. The molecule has 6 nitrogen and oxygen atoms in total. The Morgan fingerprint density at radius 1 is 1.32 bits per heavy atom. The van der Waals surface area contributed by atoms with Gasteiger partial charge in [-0.25, -0.2) is 9.78 Å². The molecule has 0 saturated carbocycles. The SMILES string of the molecule is COc1ccccc1Oc1ncc(C(=O)O)cc1N. The number of aromatic nitrogens is 1. The van der Waals surface area contributed by atoms with Crippen molar-refractivity contribution in [1.82, 2.24) is 4.98 Å². The van der Waals surface area contributed by atoms with E-state index in [4.69, 9.17) is 20.3 Å². The number of hydrogen-bond donors (Lipinski definition) is 2. The van der Waals surface area contributed by atoms with Gasteiger partial charge in [-0.2, -0.15) is 0 Å². The standard InChI is InChI=1S/C13H12N2O4/c1-18-10-4-2-3-5-11(10)19-12-9(14)6-8(7-15-12)13(16)17/h2-7H,14H2,1H3,(H,16,17). The van der Waals surface area contributed by atoms with Gasteiger partial charge in [0.25, 0.3) is 0 Å². The number of rotatable bonds is 4. The van der Waals surface area contributed by atoms with Crippen LogP contribution in [0.15, 0.2) is 36.5 Å². The number of carboxylic acid groups (broad SMARTS) is 1. The lowest BCUT2D eigenvalue weighted by Gasteiger charge is -2.10. The lowest BCUT2D eigenvalue weighted by atomic mass is 10.2. The Balaban J connectivity index is 2.31. The molecule has 2 rings (SSSR count). The minimum atomic E-state index is -1.09. The lowest BCUT2D eigenvalue weighted by Crippen LogP contribution is -2.02. The highest BCUT2D eigenvalue weighted by Crippen LogP contribution is 2.32. The molecule has 0 saturated heterocycles. The molecular weight excluding hydrogens is 248 g/mol. The molecule has 0 spiro atoms. The topological polar surface area (TPSA) is 94.7 Å². The van der Waals surface area contributed by atoms with Crippen LogP contribution >= 0.6 is 0 Å². The molecule has 0 aliphatic carbocycles. The molecule has 0 amide bonds. The maximum absolute atomic E-state index is 10.8. The molecule has 19 heavy (non-hydrogen) atoms. The molecule has 0 bridgehead atoms. The third-order valence-corrected chi connectivity index (χ3v) is 2.40. The van der Waals surface area contributed by atoms with Crippen molar-refractivity contribution in [2.24, 2.45) is 0 Å². The zero-order chi connectivity index (χ0) is 13.8. The Morgan fingerprint density at radius 2 is 2.00 bits per heavy atom. The van der Waals surface area contributed by atoms with Crippen LogP contribution in [0.4, 0.5) is 5.69 Å². The quantitative estimate of drug-likeness (QED) is 0.874. The molecular formula is C13H12N2O4. The van der Waals surface area contributed by atoms with Crippen LogP contribution in [0.2, 0.25) is 0 Å². The van der Waals surface area contributed by atoms with Crippen LogP contribution in [0.5, 0.6) is 17.4 Å². The van der Waals surface area contributed by atoms with Gasteiger partial charge in [0.1, 0.15) is 0 Å². The molecule has 0 unspecified atom stereocenters. The van der Waals surface area contributed by atoms with E-state index in [-0.39, 0.29) is 17.1 Å². The highest BCUT2D eigenvalue weighted by atomic mass is 16.5. The number of anilines is 1. The fourth-order valence-corrected chi connectivity index (χ4v) is 1.48. The van der Waals surface area contributed by atoms with E-state index in [0.29, 0.717) is 11.5 Å². The number of carboxylic acids is 1. The van der Waals surface area contributed by atoms with Gasteiger partial charge >= 0.3 is 5.97 Å². The lowest BCUT2D eigenvalue weighted by molar-refractivity contribution is 0.0696. The van der Waals surface area contributed by atoms with Crippen LogP contribution in [0.25, 0.3) is 0 Å². The summed E-state index contributed by atoms with van der Waals surface area (Å²) in [6, 6.07) is 8.30. The molecule has 2 aromatic rings. The van der Waals surface area contributed by atoms with E-state index in [0.717, 1.165) is 0 Å². The van der Waals surface area contributed by atoms with Gasteiger partial charge in [0.15, 0.2) is 11.5 Å². The van der Waals surface area contributed by atoms with E-state index in [2.05, 4.69) is 4.98 Å². The highest BCUT2D eigenvalue weighted by molar-refractivity contribution is 5.88. The van der Waals surface area contributed by atoms with Gasteiger partial charge in [0.05, 0.1) is 18.4 Å². The summed E-state index contributed by atoms with van der Waals surface area (Å²) in [5, 5.41) is 8.82. The molecule has 1 aromatic heterocycles. The zero-order valence-corrected chi connectivity index (χ0v) is 10.2. The number of ether oxygens (including phenoxy) is 2. The summed E-state index contributed by atoms with van der Waals surface area (Å²) in [5.41, 5.74) is 5.86. The monoisotopic (exact) mass is 260 g/mol. The normalized spacial score (nSPS) is 9.95. The van der Waals surface area contributed by atoms with Crippen LogP contribution in [0.3, 0.4) is 0 Å². The Morgan fingerprint density at radius 3 is 2.58 bits per heavy atom. The number of nitrogen functional groups attached to an aromatic ring is 1. The number of pyridine rings is 1. The molecule has 0 fully saturated rings. The van der Waals surface area contributed by atoms with E-state index >= 15 is 0 Å². The number of aromatic carboxylic acids is 1. The average Bonchev–Trinajstić information content (AvgIpc) is 2.41. The Bertz CT molecular complexity index is 613. The smallest absolute Gasteiger partial charge is 0.337 e. The molecule has 0 radical (unpaired) electrons. The molecule has 0 aliphatic rings. The van der Waals surface area contributed by atoms with E-state index in [1.165, 1.54) is 19.4 Å². The third-order valence-electron chi connectivity index (χ3n) is 2.40. The second kappa shape index (κ2) is 5.26. The van der Waals surface area contributed by atoms with Crippen molar-refractivity contribution in [1.29, 1.82) is 0 Å². The fourth-order valence-electron chi connectivity index (χ4n) is 1.48. The largest absolute Gasteiger partial charge is 0.493 e. The summed E-state index contributed by atoms with van der Waals surface area (Å²) in [6.45, 7) is 0. The molecule has 98 valence electrons. The van der Waals surface area contributed by atoms with Gasteiger partial charge in [0.2, 0.25) is 5.88 Å². The van der Waals surface area contributed by atoms with Crippen LogP contribution in [0, 0.1) is 0 Å². The number of hydrogen-bond acceptors (Lipinski definition) is 5. The Kier molecular flexibility index (Phi) is 3.51. The summed E-state index contributed by atoms with van der Waals surface area (Å²) < 4.78 is 10.6. The van der Waals surface area contributed by atoms with Crippen LogP contribution in [0.1, 0.15) is 10.4 Å². The van der Waals surface area contributed by atoms with E-state index in [1.807, 2.05) is 0 Å². The van der Waals surface area contributed by atoms with Crippen molar-refractivity contribution in [3.05, 3.63) is 42.1 Å². The van der Waals surface area contributed by atoms with Gasteiger partial charge < -0.3 is 20.3 Å². The van der Waals surface area contributed by atoms with E-state index < -0.39 is 5.97 Å². The van der Waals surface area contributed by atoms with Gasteiger partial charge in [0, 0.05) is 6.20 Å². The van der Waals surface area contributed by atoms with Crippen molar-refractivity contribution in [2.75, 3.05) is 12.8 Å². The summed E-state index contributed by atoms with van der Waals surface area (Å²) in [7, 11) is 1.52. The average molecular weight is 260 g/mol.